The summed E-state index contributed by atoms with van der Waals surface area (Å²) in [5.74, 6) is 1.79. The third-order valence-electron chi connectivity index (χ3n) is 4.83. The van der Waals surface area contributed by atoms with Gasteiger partial charge in [-0.1, -0.05) is 26.7 Å². The topological polar surface area (TPSA) is 15.3 Å². The second-order valence-electron chi connectivity index (χ2n) is 6.51. The molecule has 1 aliphatic heterocycles. The van der Waals surface area contributed by atoms with Crippen LogP contribution in [0, 0.1) is 11.8 Å². The van der Waals surface area contributed by atoms with Crippen molar-refractivity contribution in [2.45, 2.75) is 65.0 Å². The third-order valence-corrected chi connectivity index (χ3v) is 4.83. The lowest BCUT2D eigenvalue weighted by molar-refractivity contribution is 0.235. The molecule has 2 fully saturated rings. The first-order chi connectivity index (χ1) is 8.16. The zero-order chi connectivity index (χ0) is 12.3. The molecule has 0 aromatic rings. The molecule has 0 spiro atoms. The molecule has 1 saturated heterocycles. The van der Waals surface area contributed by atoms with E-state index in [4.69, 9.17) is 0 Å². The molecule has 4 unspecified atom stereocenters. The van der Waals surface area contributed by atoms with Crippen LogP contribution in [-0.2, 0) is 0 Å². The van der Waals surface area contributed by atoms with E-state index in [0.717, 1.165) is 23.9 Å². The van der Waals surface area contributed by atoms with E-state index in [2.05, 4.69) is 31.0 Å². The maximum absolute atomic E-state index is 3.79. The summed E-state index contributed by atoms with van der Waals surface area (Å²) in [7, 11) is 0. The number of rotatable bonds is 4. The minimum absolute atomic E-state index is 0.791. The SMILES string of the molecule is CC1CC(C)N(CCNC2CCCCC2C)C1. The maximum atomic E-state index is 3.79. The molecular weight excluding hydrogens is 208 g/mol. The van der Waals surface area contributed by atoms with Crippen LogP contribution in [0.25, 0.3) is 0 Å². The number of hydrogen-bond acceptors (Lipinski definition) is 2. The Morgan fingerprint density at radius 2 is 1.88 bits per heavy atom. The first-order valence-electron chi connectivity index (χ1n) is 7.64. The average Bonchev–Trinajstić information content (AvgIpc) is 2.60. The molecule has 0 amide bonds. The molecule has 0 radical (unpaired) electrons. The predicted octanol–water partition coefficient (Wildman–Crippen LogP) is 2.89. The van der Waals surface area contributed by atoms with E-state index in [1.54, 1.807) is 0 Å². The Hall–Kier alpha value is -0.0800. The van der Waals surface area contributed by atoms with E-state index in [1.165, 1.54) is 51.7 Å². The highest BCUT2D eigenvalue weighted by Crippen LogP contribution is 2.24. The Bertz CT molecular complexity index is 223. The van der Waals surface area contributed by atoms with Crippen molar-refractivity contribution < 1.29 is 0 Å². The van der Waals surface area contributed by atoms with Crippen molar-refractivity contribution >= 4 is 0 Å². The van der Waals surface area contributed by atoms with Crippen LogP contribution in [0.2, 0.25) is 0 Å². The van der Waals surface area contributed by atoms with Crippen LogP contribution in [0.5, 0.6) is 0 Å². The summed E-state index contributed by atoms with van der Waals surface area (Å²) in [5, 5.41) is 3.79. The van der Waals surface area contributed by atoms with E-state index in [0.29, 0.717) is 0 Å². The highest BCUT2D eigenvalue weighted by atomic mass is 15.2. The van der Waals surface area contributed by atoms with Gasteiger partial charge in [-0.3, -0.25) is 4.90 Å². The molecular formula is C15H30N2. The fourth-order valence-electron chi connectivity index (χ4n) is 3.71. The van der Waals surface area contributed by atoms with Crippen molar-refractivity contribution in [3.63, 3.8) is 0 Å². The highest BCUT2D eigenvalue weighted by molar-refractivity contribution is 4.82. The van der Waals surface area contributed by atoms with Crippen molar-refractivity contribution in [3.8, 4) is 0 Å². The van der Waals surface area contributed by atoms with Crippen LogP contribution in [0.1, 0.15) is 52.9 Å². The highest BCUT2D eigenvalue weighted by Gasteiger charge is 2.26. The molecule has 0 aromatic carbocycles. The van der Waals surface area contributed by atoms with E-state index in [9.17, 15) is 0 Å². The quantitative estimate of drug-likeness (QED) is 0.810. The van der Waals surface area contributed by atoms with Gasteiger partial charge in [-0.25, -0.2) is 0 Å². The van der Waals surface area contributed by atoms with E-state index in [-0.39, 0.29) is 0 Å². The van der Waals surface area contributed by atoms with E-state index >= 15 is 0 Å². The van der Waals surface area contributed by atoms with Crippen molar-refractivity contribution in [2.75, 3.05) is 19.6 Å². The molecule has 2 rings (SSSR count). The van der Waals surface area contributed by atoms with Gasteiger partial charge in [0.25, 0.3) is 0 Å². The Morgan fingerprint density at radius 3 is 2.53 bits per heavy atom. The summed E-state index contributed by atoms with van der Waals surface area (Å²) in [6, 6.07) is 1.59. The average molecular weight is 238 g/mol. The molecule has 1 N–H and O–H groups in total. The fourth-order valence-corrected chi connectivity index (χ4v) is 3.71. The Balaban J connectivity index is 1.65. The van der Waals surface area contributed by atoms with Gasteiger partial charge in [0, 0.05) is 31.7 Å². The Morgan fingerprint density at radius 1 is 1.12 bits per heavy atom. The molecule has 0 aromatic heterocycles. The number of hydrogen-bond donors (Lipinski definition) is 1. The number of likely N-dealkylation sites (tertiary alicyclic amines) is 1. The van der Waals surface area contributed by atoms with Crippen molar-refractivity contribution in [3.05, 3.63) is 0 Å². The van der Waals surface area contributed by atoms with Crippen LogP contribution < -0.4 is 5.32 Å². The Kier molecular flexibility index (Phi) is 4.87. The van der Waals surface area contributed by atoms with Crippen LogP contribution in [0.4, 0.5) is 0 Å². The van der Waals surface area contributed by atoms with Gasteiger partial charge in [-0.2, -0.15) is 0 Å². The zero-order valence-electron chi connectivity index (χ0n) is 11.9. The molecule has 0 bridgehead atoms. The first kappa shape index (κ1) is 13.4. The largest absolute Gasteiger partial charge is 0.312 e. The predicted molar refractivity (Wildman–Crippen MR) is 74.2 cm³/mol. The van der Waals surface area contributed by atoms with Gasteiger partial charge in [0.1, 0.15) is 0 Å². The lowest BCUT2D eigenvalue weighted by Gasteiger charge is -2.31. The van der Waals surface area contributed by atoms with E-state index in [1.807, 2.05) is 0 Å². The van der Waals surface area contributed by atoms with Crippen molar-refractivity contribution in [1.29, 1.82) is 0 Å². The minimum atomic E-state index is 0.791. The van der Waals surface area contributed by atoms with Crippen LogP contribution >= 0.6 is 0 Å². The standard InChI is InChI=1S/C15H30N2/c1-12-10-14(3)17(11-12)9-8-16-15-7-5-4-6-13(15)2/h12-16H,4-11H2,1-3H3. The summed E-state index contributed by atoms with van der Waals surface area (Å²) in [6.07, 6.45) is 7.08. The van der Waals surface area contributed by atoms with Crippen molar-refractivity contribution in [1.82, 2.24) is 10.2 Å². The molecule has 1 saturated carbocycles. The van der Waals surface area contributed by atoms with Crippen LogP contribution in [-0.4, -0.2) is 36.6 Å². The summed E-state index contributed by atoms with van der Waals surface area (Å²) in [6.45, 7) is 10.9. The van der Waals surface area contributed by atoms with Gasteiger partial charge in [0.05, 0.1) is 0 Å². The van der Waals surface area contributed by atoms with Gasteiger partial charge in [0.2, 0.25) is 0 Å². The number of nitrogens with zero attached hydrogens (tertiary/aromatic N) is 1. The van der Waals surface area contributed by atoms with Gasteiger partial charge >= 0.3 is 0 Å². The summed E-state index contributed by atoms with van der Waals surface area (Å²) in [5.41, 5.74) is 0. The maximum Gasteiger partial charge on any atom is 0.0110 e. The number of nitrogens with one attached hydrogen (secondary N) is 1. The molecule has 4 atom stereocenters. The van der Waals surface area contributed by atoms with Crippen molar-refractivity contribution in [2.24, 2.45) is 11.8 Å². The van der Waals surface area contributed by atoms with Gasteiger partial charge in [0.15, 0.2) is 0 Å². The fraction of sp³-hybridized carbons (Fsp3) is 1.00. The molecule has 2 heteroatoms. The second kappa shape index (κ2) is 6.19. The molecule has 1 heterocycles. The molecule has 1 aliphatic carbocycles. The van der Waals surface area contributed by atoms with Gasteiger partial charge < -0.3 is 5.32 Å². The molecule has 2 nitrogen and oxygen atoms in total. The van der Waals surface area contributed by atoms with Crippen LogP contribution in [0.15, 0.2) is 0 Å². The molecule has 17 heavy (non-hydrogen) atoms. The smallest absolute Gasteiger partial charge is 0.0110 e. The third kappa shape index (κ3) is 3.69. The van der Waals surface area contributed by atoms with Gasteiger partial charge in [-0.15, -0.1) is 0 Å². The zero-order valence-corrected chi connectivity index (χ0v) is 11.9. The summed E-state index contributed by atoms with van der Waals surface area (Å²) < 4.78 is 0. The van der Waals surface area contributed by atoms with E-state index < -0.39 is 0 Å². The Labute approximate surface area is 107 Å². The summed E-state index contributed by atoms with van der Waals surface area (Å²) in [4.78, 5) is 2.66. The van der Waals surface area contributed by atoms with Gasteiger partial charge in [-0.05, 0) is 38.0 Å². The minimum Gasteiger partial charge on any atom is -0.312 e. The monoisotopic (exact) mass is 238 g/mol. The lowest BCUT2D eigenvalue weighted by Crippen LogP contribution is -2.42. The summed E-state index contributed by atoms with van der Waals surface area (Å²) >= 11 is 0. The normalized spacial score (nSPS) is 39.7. The molecule has 100 valence electrons. The molecule has 2 aliphatic rings. The first-order valence-corrected chi connectivity index (χ1v) is 7.64. The lowest BCUT2D eigenvalue weighted by atomic mass is 9.86. The van der Waals surface area contributed by atoms with Crippen LogP contribution in [0.3, 0.4) is 0 Å². The second-order valence-corrected chi connectivity index (χ2v) is 6.51.